The molecule has 0 aliphatic carbocycles. The fourth-order valence-corrected chi connectivity index (χ4v) is 4.85. The summed E-state index contributed by atoms with van der Waals surface area (Å²) in [7, 11) is 3.21. The Morgan fingerprint density at radius 3 is 2.68 bits per heavy atom. The maximum absolute atomic E-state index is 13.2. The highest BCUT2D eigenvalue weighted by Gasteiger charge is 2.36. The van der Waals surface area contributed by atoms with Gasteiger partial charge in [-0.05, 0) is 49.2 Å². The van der Waals surface area contributed by atoms with Crippen molar-refractivity contribution in [3.8, 4) is 23.0 Å². The Kier molecular flexibility index (Phi) is 5.36. The van der Waals surface area contributed by atoms with Crippen molar-refractivity contribution in [1.29, 1.82) is 0 Å². The van der Waals surface area contributed by atoms with E-state index in [-0.39, 0.29) is 18.1 Å². The second-order valence-electron chi connectivity index (χ2n) is 8.35. The number of carbonyl (C=O) groups is 1. The van der Waals surface area contributed by atoms with Crippen LogP contribution in [0.2, 0.25) is 0 Å². The number of methoxy groups -OCH3 is 2. The van der Waals surface area contributed by atoms with Crippen molar-refractivity contribution in [2.24, 2.45) is 0 Å². The molecule has 2 aromatic rings. The second-order valence-corrected chi connectivity index (χ2v) is 8.35. The molecule has 0 aromatic heterocycles. The molecule has 1 amide bonds. The molecule has 3 aliphatic rings. The number of rotatable bonds is 5. The minimum absolute atomic E-state index is 0.00588. The van der Waals surface area contributed by atoms with Crippen molar-refractivity contribution in [3.05, 3.63) is 47.5 Å². The molecule has 3 aliphatic heterocycles. The first-order valence-electron chi connectivity index (χ1n) is 10.8. The van der Waals surface area contributed by atoms with Crippen molar-refractivity contribution in [2.75, 3.05) is 40.5 Å². The number of hydrogen-bond acceptors (Lipinski definition) is 6. The monoisotopic (exact) mass is 424 g/mol. The molecule has 0 saturated carbocycles. The van der Waals surface area contributed by atoms with Crippen molar-refractivity contribution in [1.82, 2.24) is 9.80 Å². The Morgan fingerprint density at radius 1 is 1.10 bits per heavy atom. The quantitative estimate of drug-likeness (QED) is 0.736. The van der Waals surface area contributed by atoms with E-state index in [0.29, 0.717) is 24.7 Å². The largest absolute Gasteiger partial charge is 0.493 e. The number of nitrogens with zero attached hydrogens (tertiary/aromatic N) is 2. The normalized spacial score (nSPS) is 22.9. The third kappa shape index (κ3) is 3.78. The van der Waals surface area contributed by atoms with Gasteiger partial charge < -0.3 is 23.8 Å². The molecule has 2 atom stereocenters. The highest BCUT2D eigenvalue weighted by molar-refractivity contribution is 5.99. The highest BCUT2D eigenvalue weighted by Crippen LogP contribution is 2.37. The summed E-state index contributed by atoms with van der Waals surface area (Å²) in [6.45, 7) is 3.81. The number of benzene rings is 2. The molecule has 0 unspecified atom stereocenters. The molecule has 0 radical (unpaired) electrons. The van der Waals surface area contributed by atoms with Crippen LogP contribution in [-0.4, -0.2) is 68.3 Å². The summed E-state index contributed by atoms with van der Waals surface area (Å²) < 4.78 is 22.8. The maximum Gasteiger partial charge on any atom is 0.254 e. The lowest BCUT2D eigenvalue weighted by atomic mass is 10.0. The molecule has 1 saturated heterocycles. The molecular formula is C24H28N2O5. The van der Waals surface area contributed by atoms with Crippen LogP contribution in [0.1, 0.15) is 28.8 Å². The van der Waals surface area contributed by atoms with Gasteiger partial charge in [-0.3, -0.25) is 9.69 Å². The van der Waals surface area contributed by atoms with E-state index in [2.05, 4.69) is 4.90 Å². The van der Waals surface area contributed by atoms with Crippen LogP contribution >= 0.6 is 0 Å². The van der Waals surface area contributed by atoms with Gasteiger partial charge in [0.25, 0.3) is 5.91 Å². The molecule has 31 heavy (non-hydrogen) atoms. The SMILES string of the molecule is COc1cc2c(cc1OC)C(=O)N([C@H]1CCCN(C[C@H]3COc4ccccc4O3)C1)C2. The summed E-state index contributed by atoms with van der Waals surface area (Å²) in [6, 6.07) is 11.7. The minimum Gasteiger partial charge on any atom is -0.493 e. The summed E-state index contributed by atoms with van der Waals surface area (Å²) in [5.41, 5.74) is 1.72. The molecule has 1 fully saturated rings. The molecule has 2 aromatic carbocycles. The van der Waals surface area contributed by atoms with Gasteiger partial charge in [-0.15, -0.1) is 0 Å². The fraction of sp³-hybridized carbons (Fsp3) is 0.458. The van der Waals surface area contributed by atoms with E-state index < -0.39 is 0 Å². The van der Waals surface area contributed by atoms with E-state index in [0.717, 1.165) is 55.1 Å². The van der Waals surface area contributed by atoms with Gasteiger partial charge in [-0.1, -0.05) is 12.1 Å². The first-order valence-corrected chi connectivity index (χ1v) is 10.8. The van der Waals surface area contributed by atoms with Crippen molar-refractivity contribution in [3.63, 3.8) is 0 Å². The number of likely N-dealkylation sites (tertiary alicyclic amines) is 1. The standard InChI is InChI=1S/C24H28N2O5/c1-28-22-10-16-12-26(24(27)19(16)11-23(22)29-2)17-6-5-9-25(13-17)14-18-15-30-20-7-3-4-8-21(20)31-18/h3-4,7-8,10-11,17-18H,5-6,9,12-15H2,1-2H3/t17-,18-/m0/s1. The van der Waals surface area contributed by atoms with Crippen molar-refractivity contribution in [2.45, 2.75) is 31.5 Å². The highest BCUT2D eigenvalue weighted by atomic mass is 16.6. The van der Waals surface area contributed by atoms with Crippen LogP contribution in [0, 0.1) is 0 Å². The van der Waals surface area contributed by atoms with E-state index in [9.17, 15) is 4.79 Å². The molecule has 0 spiro atoms. The van der Waals surface area contributed by atoms with Gasteiger partial charge in [-0.2, -0.15) is 0 Å². The number of piperidine rings is 1. The molecule has 7 heteroatoms. The topological polar surface area (TPSA) is 60.5 Å². The van der Waals surface area contributed by atoms with Gasteiger partial charge in [0.2, 0.25) is 0 Å². The second kappa shape index (κ2) is 8.30. The molecular weight excluding hydrogens is 396 g/mol. The number of carbonyl (C=O) groups excluding carboxylic acids is 1. The Labute approximate surface area is 182 Å². The van der Waals surface area contributed by atoms with Gasteiger partial charge in [0.05, 0.1) is 14.2 Å². The summed E-state index contributed by atoms with van der Waals surface area (Å²) in [5, 5.41) is 0. The maximum atomic E-state index is 13.2. The Morgan fingerprint density at radius 2 is 1.87 bits per heavy atom. The van der Waals surface area contributed by atoms with Crippen LogP contribution in [0.25, 0.3) is 0 Å². The van der Waals surface area contributed by atoms with E-state index in [1.165, 1.54) is 0 Å². The summed E-state index contributed by atoms with van der Waals surface area (Å²) in [4.78, 5) is 17.6. The zero-order chi connectivity index (χ0) is 21.4. The van der Waals surface area contributed by atoms with Gasteiger partial charge in [-0.25, -0.2) is 0 Å². The van der Waals surface area contributed by atoms with Crippen LogP contribution in [0.5, 0.6) is 23.0 Å². The lowest BCUT2D eigenvalue weighted by molar-refractivity contribution is 0.0306. The van der Waals surface area contributed by atoms with E-state index in [1.54, 1.807) is 14.2 Å². The smallest absolute Gasteiger partial charge is 0.254 e. The molecule has 5 rings (SSSR count). The number of para-hydroxylation sites is 2. The molecule has 3 heterocycles. The summed E-state index contributed by atoms with van der Waals surface area (Å²) in [5.74, 6) is 2.95. The minimum atomic E-state index is -0.00588. The molecule has 164 valence electrons. The fourth-order valence-electron chi connectivity index (χ4n) is 4.85. The van der Waals surface area contributed by atoms with E-state index in [4.69, 9.17) is 18.9 Å². The van der Waals surface area contributed by atoms with E-state index >= 15 is 0 Å². The summed E-state index contributed by atoms with van der Waals surface area (Å²) in [6.07, 6.45) is 2.06. The van der Waals surface area contributed by atoms with Crippen LogP contribution in [0.15, 0.2) is 36.4 Å². The van der Waals surface area contributed by atoms with Crippen LogP contribution in [0.3, 0.4) is 0 Å². The van der Waals surface area contributed by atoms with Crippen molar-refractivity contribution < 1.29 is 23.7 Å². The van der Waals surface area contributed by atoms with Crippen molar-refractivity contribution >= 4 is 5.91 Å². The van der Waals surface area contributed by atoms with Gasteiger partial charge in [0.15, 0.2) is 23.0 Å². The predicted octanol–water partition coefficient (Wildman–Crippen LogP) is 2.96. The molecule has 0 N–H and O–H groups in total. The lowest BCUT2D eigenvalue weighted by Crippen LogP contribution is -2.51. The summed E-state index contributed by atoms with van der Waals surface area (Å²) >= 11 is 0. The van der Waals surface area contributed by atoms with Gasteiger partial charge >= 0.3 is 0 Å². The Balaban J connectivity index is 1.25. The zero-order valence-electron chi connectivity index (χ0n) is 18.0. The lowest BCUT2D eigenvalue weighted by Gasteiger charge is -2.39. The first-order chi connectivity index (χ1) is 15.2. The van der Waals surface area contributed by atoms with Gasteiger partial charge in [0.1, 0.15) is 12.7 Å². The number of amides is 1. The Bertz CT molecular complexity index is 978. The number of fused-ring (bicyclic) bond motifs is 2. The molecule has 7 nitrogen and oxygen atoms in total. The number of ether oxygens (including phenoxy) is 4. The van der Waals surface area contributed by atoms with Crippen LogP contribution < -0.4 is 18.9 Å². The zero-order valence-corrected chi connectivity index (χ0v) is 18.0. The van der Waals surface area contributed by atoms with Crippen LogP contribution in [0.4, 0.5) is 0 Å². The average Bonchev–Trinajstić information content (AvgIpc) is 3.13. The third-order valence-corrected chi connectivity index (χ3v) is 6.39. The number of hydrogen-bond donors (Lipinski definition) is 0. The average molecular weight is 424 g/mol. The first kappa shape index (κ1) is 20.0. The van der Waals surface area contributed by atoms with Gasteiger partial charge in [0, 0.05) is 31.2 Å². The predicted molar refractivity (Wildman–Crippen MR) is 115 cm³/mol. The third-order valence-electron chi connectivity index (χ3n) is 6.39. The van der Waals surface area contributed by atoms with E-state index in [1.807, 2.05) is 41.3 Å². The Hall–Kier alpha value is -2.93. The molecule has 0 bridgehead atoms. The van der Waals surface area contributed by atoms with Crippen LogP contribution in [-0.2, 0) is 6.54 Å².